The Balaban J connectivity index is 1.44. The van der Waals surface area contributed by atoms with Gasteiger partial charge in [-0.2, -0.15) is 5.10 Å². The Kier molecular flexibility index (Phi) is 8.54. The molecule has 4 aromatic rings. The van der Waals surface area contributed by atoms with Crippen molar-refractivity contribution in [3.05, 3.63) is 134 Å². The van der Waals surface area contributed by atoms with E-state index in [-0.39, 0.29) is 28.3 Å². The van der Waals surface area contributed by atoms with Crippen molar-refractivity contribution in [2.24, 2.45) is 5.10 Å². The van der Waals surface area contributed by atoms with Crippen molar-refractivity contribution in [3.63, 3.8) is 0 Å². The quantitative estimate of drug-likeness (QED) is 0.0906. The Morgan fingerprint density at radius 2 is 1.44 bits per heavy atom. The Labute approximate surface area is 230 Å². The van der Waals surface area contributed by atoms with Crippen LogP contribution in [0.5, 0.6) is 5.75 Å². The van der Waals surface area contributed by atoms with Crippen LogP contribution in [0, 0.1) is 10.1 Å². The van der Waals surface area contributed by atoms with Gasteiger partial charge in [0.15, 0.2) is 0 Å². The number of nitrogens with one attached hydrogen (secondary N) is 2. The Hall–Kier alpha value is -5.16. The molecule has 11 heteroatoms. The summed E-state index contributed by atoms with van der Waals surface area (Å²) in [4.78, 5) is 48.3. The molecule has 0 unspecified atom stereocenters. The number of carbonyl (C=O) groups is 3. The molecule has 0 saturated heterocycles. The first kappa shape index (κ1) is 26.9. The predicted molar refractivity (Wildman–Crippen MR) is 148 cm³/mol. The largest absolute Gasteiger partial charge is 0.415 e. The van der Waals surface area contributed by atoms with Gasteiger partial charge < -0.3 is 10.1 Å². The first-order valence-electron chi connectivity index (χ1n) is 11.4. The van der Waals surface area contributed by atoms with E-state index in [4.69, 9.17) is 4.74 Å². The van der Waals surface area contributed by atoms with E-state index in [2.05, 4.69) is 31.8 Å². The van der Waals surface area contributed by atoms with Gasteiger partial charge in [0.1, 0.15) is 0 Å². The normalized spacial score (nSPS) is 10.6. The molecule has 0 spiro atoms. The number of ether oxygens (including phenoxy) is 1. The molecule has 39 heavy (non-hydrogen) atoms. The molecule has 0 aliphatic heterocycles. The summed E-state index contributed by atoms with van der Waals surface area (Å²) in [5.41, 5.74) is 3.43. The van der Waals surface area contributed by atoms with Crippen LogP contribution in [0.4, 0.5) is 11.4 Å². The number of nitrogens with zero attached hydrogens (tertiary/aromatic N) is 2. The Bertz CT molecular complexity index is 1560. The summed E-state index contributed by atoms with van der Waals surface area (Å²) in [6, 6.07) is 25.2. The van der Waals surface area contributed by atoms with Crippen LogP contribution in [0.3, 0.4) is 0 Å². The van der Waals surface area contributed by atoms with Gasteiger partial charge in [0, 0.05) is 32.9 Å². The van der Waals surface area contributed by atoms with Crippen LogP contribution in [0.15, 0.2) is 107 Å². The van der Waals surface area contributed by atoms with E-state index < -0.39 is 22.5 Å². The lowest BCUT2D eigenvalue weighted by Crippen LogP contribution is -2.18. The molecule has 0 aliphatic rings. The molecule has 194 valence electrons. The number of hydrazone groups is 1. The van der Waals surface area contributed by atoms with Gasteiger partial charge in [0.25, 0.3) is 11.8 Å². The van der Waals surface area contributed by atoms with Crippen molar-refractivity contribution >= 4 is 51.3 Å². The second-order valence-electron chi connectivity index (χ2n) is 7.95. The molecule has 10 nitrogen and oxygen atoms in total. The van der Waals surface area contributed by atoms with Crippen molar-refractivity contribution in [1.82, 2.24) is 5.43 Å². The van der Waals surface area contributed by atoms with Crippen LogP contribution in [0.25, 0.3) is 0 Å². The van der Waals surface area contributed by atoms with Gasteiger partial charge in [-0.1, -0.05) is 40.2 Å². The Morgan fingerprint density at radius 3 is 2.10 bits per heavy atom. The number of benzene rings is 4. The average Bonchev–Trinajstić information content (AvgIpc) is 2.94. The van der Waals surface area contributed by atoms with Crippen LogP contribution < -0.4 is 15.5 Å². The van der Waals surface area contributed by atoms with Gasteiger partial charge in [0.05, 0.1) is 16.7 Å². The van der Waals surface area contributed by atoms with Gasteiger partial charge in [-0.3, -0.25) is 19.7 Å². The topological polar surface area (TPSA) is 140 Å². The molecule has 4 rings (SSSR count). The van der Waals surface area contributed by atoms with Crippen molar-refractivity contribution < 1.29 is 24.0 Å². The molecule has 0 saturated carbocycles. The smallest absolute Gasteiger partial charge is 0.343 e. The van der Waals surface area contributed by atoms with E-state index in [1.165, 1.54) is 42.5 Å². The summed E-state index contributed by atoms with van der Waals surface area (Å²) in [6.45, 7) is 0. The monoisotopic (exact) mass is 586 g/mol. The molecule has 2 N–H and O–H groups in total. The highest BCUT2D eigenvalue weighted by atomic mass is 79.9. The summed E-state index contributed by atoms with van der Waals surface area (Å²) in [5, 5.41) is 18.2. The van der Waals surface area contributed by atoms with Crippen LogP contribution in [0.1, 0.15) is 36.6 Å². The van der Waals surface area contributed by atoms with Gasteiger partial charge in [-0.15, -0.1) is 0 Å². The first-order valence-corrected chi connectivity index (χ1v) is 12.2. The lowest BCUT2D eigenvalue weighted by Gasteiger charge is -2.08. The second-order valence-corrected chi connectivity index (χ2v) is 8.86. The van der Waals surface area contributed by atoms with Crippen LogP contribution in [0.2, 0.25) is 0 Å². The zero-order chi connectivity index (χ0) is 27.8. The minimum absolute atomic E-state index is 0.105. The third-order valence-corrected chi connectivity index (χ3v) is 5.84. The van der Waals surface area contributed by atoms with E-state index in [1.54, 1.807) is 48.5 Å². The molecule has 0 radical (unpaired) electrons. The van der Waals surface area contributed by atoms with Crippen LogP contribution in [-0.4, -0.2) is 28.9 Å². The third kappa shape index (κ3) is 6.99. The standard InChI is InChI=1S/C28H19BrN4O6/c29-22-13-9-20(10-14-22)28(36)39-25-21(7-4-8-24(25)33(37)38)17-30-32-27(35)19-11-15-23(16-12-19)31-26(34)18-5-2-1-3-6-18/h1-17H,(H,31,34)(H,32,35)/b30-17+. The van der Waals surface area contributed by atoms with Crippen LogP contribution >= 0.6 is 15.9 Å². The van der Waals surface area contributed by atoms with E-state index in [0.717, 1.165) is 10.7 Å². The molecule has 0 atom stereocenters. The number of halogens is 1. The molecule has 4 aromatic carbocycles. The lowest BCUT2D eigenvalue weighted by atomic mass is 10.1. The highest BCUT2D eigenvalue weighted by Gasteiger charge is 2.22. The number of nitro groups is 1. The number of para-hydroxylation sites is 1. The molecule has 0 aromatic heterocycles. The predicted octanol–water partition coefficient (Wildman–Crippen LogP) is 5.59. The highest BCUT2D eigenvalue weighted by Crippen LogP contribution is 2.31. The maximum atomic E-state index is 12.6. The number of hydrogen-bond acceptors (Lipinski definition) is 7. The number of esters is 1. The fraction of sp³-hybridized carbons (Fsp3) is 0. The number of rotatable bonds is 8. The van der Waals surface area contributed by atoms with Crippen molar-refractivity contribution in [2.75, 3.05) is 5.32 Å². The van der Waals surface area contributed by atoms with Gasteiger partial charge >= 0.3 is 11.7 Å². The Morgan fingerprint density at radius 1 is 0.795 bits per heavy atom. The van der Waals surface area contributed by atoms with Crippen molar-refractivity contribution in [3.8, 4) is 5.75 Å². The summed E-state index contributed by atoms with van der Waals surface area (Å²) in [6.07, 6.45) is 1.14. The summed E-state index contributed by atoms with van der Waals surface area (Å²) in [5.74, 6) is -1.96. The average molecular weight is 587 g/mol. The fourth-order valence-electron chi connectivity index (χ4n) is 3.36. The third-order valence-electron chi connectivity index (χ3n) is 5.31. The van der Waals surface area contributed by atoms with Gasteiger partial charge in [-0.05, 0) is 66.7 Å². The number of nitro benzene ring substituents is 1. The maximum absolute atomic E-state index is 12.6. The SMILES string of the molecule is O=C(N/N=C/c1cccc([N+](=O)[O-])c1OC(=O)c1ccc(Br)cc1)c1ccc(NC(=O)c2ccccc2)cc1. The molecular weight excluding hydrogens is 568 g/mol. The van der Waals surface area contributed by atoms with Crippen molar-refractivity contribution in [2.45, 2.75) is 0 Å². The van der Waals surface area contributed by atoms with Crippen LogP contribution in [-0.2, 0) is 0 Å². The zero-order valence-corrected chi connectivity index (χ0v) is 21.6. The minimum Gasteiger partial charge on any atom is -0.415 e. The van der Waals surface area contributed by atoms with Crippen molar-refractivity contribution in [1.29, 1.82) is 0 Å². The van der Waals surface area contributed by atoms with E-state index in [9.17, 15) is 24.5 Å². The fourth-order valence-corrected chi connectivity index (χ4v) is 3.62. The van der Waals surface area contributed by atoms with E-state index >= 15 is 0 Å². The highest BCUT2D eigenvalue weighted by molar-refractivity contribution is 9.10. The number of anilines is 1. The summed E-state index contributed by atoms with van der Waals surface area (Å²) >= 11 is 3.27. The summed E-state index contributed by atoms with van der Waals surface area (Å²) in [7, 11) is 0. The molecule has 0 bridgehead atoms. The molecule has 0 heterocycles. The molecule has 0 aliphatic carbocycles. The molecular formula is C28H19BrN4O6. The van der Waals surface area contributed by atoms with Gasteiger partial charge in [0.2, 0.25) is 5.75 Å². The zero-order valence-electron chi connectivity index (χ0n) is 20.0. The van der Waals surface area contributed by atoms with Gasteiger partial charge in [-0.25, -0.2) is 10.2 Å². The first-order chi connectivity index (χ1) is 18.8. The number of carbonyl (C=O) groups excluding carboxylic acids is 3. The maximum Gasteiger partial charge on any atom is 0.343 e. The molecule has 0 fully saturated rings. The number of hydrogen-bond donors (Lipinski definition) is 2. The minimum atomic E-state index is -0.796. The second kappa shape index (κ2) is 12.4. The van der Waals surface area contributed by atoms with E-state index in [0.29, 0.717) is 11.3 Å². The molecule has 2 amide bonds. The number of amides is 2. The lowest BCUT2D eigenvalue weighted by molar-refractivity contribution is -0.385. The van der Waals surface area contributed by atoms with E-state index in [1.807, 2.05) is 6.07 Å². The summed E-state index contributed by atoms with van der Waals surface area (Å²) < 4.78 is 6.10.